The predicted molar refractivity (Wildman–Crippen MR) is 108 cm³/mol. The van der Waals surface area contributed by atoms with Crippen LogP contribution in [0.15, 0.2) is 79.0 Å². The molecule has 1 atom stereocenters. The van der Waals surface area contributed by atoms with E-state index in [-0.39, 0.29) is 17.3 Å². The SMILES string of the molecule is O=[N+]([O-])c1cccc(NC(c2ccc(F)cc2)c2ccc3cccnc3c2O)c1. The predicted octanol–water partition coefficient (Wildman–Crippen LogP) is 5.19. The van der Waals surface area contributed by atoms with Gasteiger partial charge in [-0.15, -0.1) is 0 Å². The number of anilines is 1. The van der Waals surface area contributed by atoms with Crippen LogP contribution in [0.3, 0.4) is 0 Å². The van der Waals surface area contributed by atoms with Crippen LogP contribution in [0, 0.1) is 15.9 Å². The molecule has 0 amide bonds. The van der Waals surface area contributed by atoms with Crippen molar-refractivity contribution in [1.82, 2.24) is 4.98 Å². The van der Waals surface area contributed by atoms with Crippen LogP contribution in [0.4, 0.5) is 15.8 Å². The molecule has 1 heterocycles. The number of nitrogens with one attached hydrogen (secondary N) is 1. The lowest BCUT2D eigenvalue weighted by atomic mass is 9.96. The third kappa shape index (κ3) is 3.70. The van der Waals surface area contributed by atoms with E-state index in [4.69, 9.17) is 0 Å². The molecule has 0 aliphatic heterocycles. The van der Waals surface area contributed by atoms with Crippen molar-refractivity contribution in [3.8, 4) is 5.75 Å². The number of pyridine rings is 1. The van der Waals surface area contributed by atoms with Gasteiger partial charge in [0.1, 0.15) is 17.1 Å². The summed E-state index contributed by atoms with van der Waals surface area (Å²) in [5, 5.41) is 26.0. The first-order valence-corrected chi connectivity index (χ1v) is 8.86. The lowest BCUT2D eigenvalue weighted by Crippen LogP contribution is -2.13. The number of halogens is 1. The fourth-order valence-corrected chi connectivity index (χ4v) is 3.25. The maximum atomic E-state index is 13.5. The van der Waals surface area contributed by atoms with E-state index < -0.39 is 11.0 Å². The molecule has 0 fully saturated rings. The van der Waals surface area contributed by atoms with Gasteiger partial charge in [0.15, 0.2) is 0 Å². The highest BCUT2D eigenvalue weighted by atomic mass is 19.1. The third-order valence-electron chi connectivity index (χ3n) is 4.66. The second kappa shape index (κ2) is 7.55. The Bertz CT molecular complexity index is 1200. The van der Waals surface area contributed by atoms with E-state index in [2.05, 4.69) is 10.3 Å². The van der Waals surface area contributed by atoms with Crippen LogP contribution in [0.1, 0.15) is 17.2 Å². The van der Waals surface area contributed by atoms with Crippen LogP contribution in [-0.2, 0) is 0 Å². The molecule has 0 spiro atoms. The van der Waals surface area contributed by atoms with E-state index in [0.29, 0.717) is 22.3 Å². The van der Waals surface area contributed by atoms with Crippen molar-refractivity contribution in [1.29, 1.82) is 0 Å². The number of nitrogens with zero attached hydrogens (tertiary/aromatic N) is 2. The number of benzene rings is 3. The average molecular weight is 389 g/mol. The van der Waals surface area contributed by atoms with Crippen LogP contribution < -0.4 is 5.32 Å². The van der Waals surface area contributed by atoms with E-state index in [1.54, 1.807) is 42.6 Å². The number of fused-ring (bicyclic) bond motifs is 1. The first-order chi connectivity index (χ1) is 14.0. The van der Waals surface area contributed by atoms with Crippen LogP contribution in [0.25, 0.3) is 10.9 Å². The van der Waals surface area contributed by atoms with Crippen LogP contribution >= 0.6 is 0 Å². The maximum Gasteiger partial charge on any atom is 0.271 e. The van der Waals surface area contributed by atoms with Crippen molar-refractivity contribution < 1.29 is 14.4 Å². The topological polar surface area (TPSA) is 88.3 Å². The van der Waals surface area contributed by atoms with Gasteiger partial charge >= 0.3 is 0 Å². The molecule has 3 aromatic carbocycles. The Labute approximate surface area is 165 Å². The van der Waals surface area contributed by atoms with E-state index in [0.717, 1.165) is 5.39 Å². The smallest absolute Gasteiger partial charge is 0.271 e. The summed E-state index contributed by atoms with van der Waals surface area (Å²) in [5.41, 5.74) is 2.09. The van der Waals surface area contributed by atoms with Crippen molar-refractivity contribution in [2.45, 2.75) is 6.04 Å². The summed E-state index contributed by atoms with van der Waals surface area (Å²) in [6, 6.07) is 18.6. The first kappa shape index (κ1) is 18.4. The molecule has 1 unspecified atom stereocenters. The summed E-state index contributed by atoms with van der Waals surface area (Å²) < 4.78 is 13.5. The molecule has 0 aliphatic rings. The second-order valence-corrected chi connectivity index (χ2v) is 6.51. The Morgan fingerprint density at radius 3 is 2.59 bits per heavy atom. The van der Waals surface area contributed by atoms with E-state index in [1.807, 2.05) is 12.1 Å². The minimum absolute atomic E-state index is 0.00430. The fourth-order valence-electron chi connectivity index (χ4n) is 3.25. The molecule has 0 aliphatic carbocycles. The van der Waals surface area contributed by atoms with Gasteiger partial charge in [0.25, 0.3) is 5.69 Å². The minimum atomic E-state index is -0.580. The van der Waals surface area contributed by atoms with E-state index >= 15 is 0 Å². The van der Waals surface area contributed by atoms with Crippen molar-refractivity contribution in [2.75, 3.05) is 5.32 Å². The first-order valence-electron chi connectivity index (χ1n) is 8.86. The number of phenols is 1. The van der Waals surface area contributed by atoms with Crippen molar-refractivity contribution >= 4 is 22.3 Å². The monoisotopic (exact) mass is 389 g/mol. The minimum Gasteiger partial charge on any atom is -0.505 e. The molecular weight excluding hydrogens is 373 g/mol. The van der Waals surface area contributed by atoms with Gasteiger partial charge in [0, 0.05) is 35.0 Å². The summed E-state index contributed by atoms with van der Waals surface area (Å²) in [6.07, 6.45) is 1.59. The summed E-state index contributed by atoms with van der Waals surface area (Å²) in [4.78, 5) is 14.9. The number of phenolic OH excluding ortho intramolecular Hbond substituents is 1. The molecule has 4 rings (SSSR count). The third-order valence-corrected chi connectivity index (χ3v) is 4.66. The Morgan fingerprint density at radius 2 is 1.83 bits per heavy atom. The number of hydrogen-bond acceptors (Lipinski definition) is 5. The number of hydrogen-bond donors (Lipinski definition) is 2. The number of non-ortho nitro benzene ring substituents is 1. The summed E-state index contributed by atoms with van der Waals surface area (Å²) in [7, 11) is 0. The highest BCUT2D eigenvalue weighted by molar-refractivity contribution is 5.86. The van der Waals surface area contributed by atoms with E-state index in [9.17, 15) is 19.6 Å². The highest BCUT2D eigenvalue weighted by Crippen LogP contribution is 2.36. The molecular formula is C22H16FN3O3. The van der Waals surface area contributed by atoms with Crippen LogP contribution in [0.2, 0.25) is 0 Å². The van der Waals surface area contributed by atoms with Gasteiger partial charge in [-0.3, -0.25) is 15.1 Å². The largest absolute Gasteiger partial charge is 0.505 e. The van der Waals surface area contributed by atoms with Crippen molar-refractivity contribution in [2.24, 2.45) is 0 Å². The van der Waals surface area contributed by atoms with Gasteiger partial charge in [-0.1, -0.05) is 36.4 Å². The van der Waals surface area contributed by atoms with Gasteiger partial charge < -0.3 is 10.4 Å². The zero-order valence-corrected chi connectivity index (χ0v) is 15.1. The standard InChI is InChI=1S/C22H16FN3O3/c23-16-9-6-15(7-10-16)20(25-17-4-1-5-18(13-17)26(28)29)19-11-8-14-3-2-12-24-21(14)22(19)27/h1-13,20,25,27H. The average Bonchev–Trinajstić information content (AvgIpc) is 2.74. The number of nitro groups is 1. The normalized spacial score (nSPS) is 11.9. The molecule has 6 nitrogen and oxygen atoms in total. The van der Waals surface area contributed by atoms with Crippen LogP contribution in [-0.4, -0.2) is 15.0 Å². The zero-order valence-electron chi connectivity index (χ0n) is 15.1. The van der Waals surface area contributed by atoms with Crippen molar-refractivity contribution in [3.05, 3.63) is 106 Å². The second-order valence-electron chi connectivity index (χ2n) is 6.51. The Morgan fingerprint density at radius 1 is 1.03 bits per heavy atom. The number of nitro benzene ring substituents is 1. The lowest BCUT2D eigenvalue weighted by molar-refractivity contribution is -0.384. The molecule has 2 N–H and O–H groups in total. The molecule has 29 heavy (non-hydrogen) atoms. The van der Waals surface area contributed by atoms with Gasteiger partial charge in [-0.05, 0) is 29.8 Å². The van der Waals surface area contributed by atoms with Crippen LogP contribution in [0.5, 0.6) is 5.75 Å². The Balaban J connectivity index is 1.83. The Kier molecular flexibility index (Phi) is 4.78. The highest BCUT2D eigenvalue weighted by Gasteiger charge is 2.21. The summed E-state index contributed by atoms with van der Waals surface area (Å²) >= 11 is 0. The van der Waals surface area contributed by atoms with Gasteiger partial charge in [0.05, 0.1) is 11.0 Å². The van der Waals surface area contributed by atoms with E-state index in [1.165, 1.54) is 24.3 Å². The molecule has 0 saturated heterocycles. The van der Waals surface area contributed by atoms with Gasteiger partial charge in [0.2, 0.25) is 0 Å². The fraction of sp³-hybridized carbons (Fsp3) is 0.0455. The molecule has 7 heteroatoms. The number of aromatic nitrogens is 1. The Hall–Kier alpha value is -4.00. The summed E-state index contributed by atoms with van der Waals surface area (Å²) in [6.45, 7) is 0. The molecule has 4 aromatic rings. The molecule has 0 saturated carbocycles. The van der Waals surface area contributed by atoms with Crippen molar-refractivity contribution in [3.63, 3.8) is 0 Å². The summed E-state index contributed by atoms with van der Waals surface area (Å²) in [5.74, 6) is -0.386. The number of aromatic hydroxyl groups is 1. The molecule has 144 valence electrons. The molecule has 1 aromatic heterocycles. The lowest BCUT2D eigenvalue weighted by Gasteiger charge is -2.22. The van der Waals surface area contributed by atoms with Gasteiger partial charge in [-0.25, -0.2) is 4.39 Å². The molecule has 0 radical (unpaired) electrons. The molecule has 0 bridgehead atoms. The zero-order chi connectivity index (χ0) is 20.4. The number of rotatable bonds is 5. The maximum absolute atomic E-state index is 13.5. The van der Waals surface area contributed by atoms with Gasteiger partial charge in [-0.2, -0.15) is 0 Å². The quantitative estimate of drug-likeness (QED) is 0.362.